The quantitative estimate of drug-likeness (QED) is 0.544. The number of hydrogen-bond donors (Lipinski definition) is 2. The molecule has 162 valence electrons. The van der Waals surface area contributed by atoms with Crippen LogP contribution in [0.25, 0.3) is 17.8 Å². The molecule has 11 heteroatoms. The molecule has 3 aromatic rings. The van der Waals surface area contributed by atoms with Crippen molar-refractivity contribution in [2.45, 2.75) is 0 Å². The average Bonchev–Trinajstić information content (AvgIpc) is 2.68. The van der Waals surface area contributed by atoms with Gasteiger partial charge in [-0.2, -0.15) is 0 Å². The van der Waals surface area contributed by atoms with Crippen molar-refractivity contribution >= 4 is 39.5 Å². The molecule has 3 rings (SSSR count). The molecule has 8 nitrogen and oxygen atoms in total. The number of nitrogens with zero attached hydrogens (tertiary/aromatic N) is 1. The average molecular weight is 466 g/mol. The van der Waals surface area contributed by atoms with Gasteiger partial charge in [-0.3, -0.25) is 19.1 Å². The van der Waals surface area contributed by atoms with Crippen LogP contribution in [0.1, 0.15) is 11.1 Å². The zero-order valence-corrected chi connectivity index (χ0v) is 17.9. The molecule has 31 heavy (non-hydrogen) atoms. The van der Waals surface area contributed by atoms with E-state index in [0.717, 1.165) is 23.1 Å². The van der Waals surface area contributed by atoms with Crippen LogP contribution in [-0.4, -0.2) is 31.3 Å². The Bertz CT molecular complexity index is 1380. The van der Waals surface area contributed by atoms with Crippen molar-refractivity contribution < 1.29 is 17.5 Å². The van der Waals surface area contributed by atoms with E-state index in [1.165, 1.54) is 19.3 Å². The molecule has 0 fully saturated rings. The Labute approximate surface area is 181 Å². The largest absolute Gasteiger partial charge is 0.494 e. The van der Waals surface area contributed by atoms with Gasteiger partial charge in [0.2, 0.25) is 10.0 Å². The summed E-state index contributed by atoms with van der Waals surface area (Å²) >= 11 is 6.23. The molecular formula is C20H17ClFN3O5S. The van der Waals surface area contributed by atoms with Crippen molar-refractivity contribution in [2.24, 2.45) is 0 Å². The summed E-state index contributed by atoms with van der Waals surface area (Å²) in [5.41, 5.74) is -0.596. The number of benzene rings is 2. The zero-order valence-electron chi connectivity index (χ0n) is 16.3. The third-order valence-corrected chi connectivity index (χ3v) is 5.02. The number of aromatic nitrogens is 2. The summed E-state index contributed by atoms with van der Waals surface area (Å²) in [4.78, 5) is 25.4. The van der Waals surface area contributed by atoms with Crippen LogP contribution in [0.4, 0.5) is 10.1 Å². The van der Waals surface area contributed by atoms with Gasteiger partial charge in [0.25, 0.3) is 5.56 Å². The number of ether oxygens (including phenoxy) is 1. The topological polar surface area (TPSA) is 110 Å². The molecule has 0 saturated carbocycles. The molecule has 0 aliphatic carbocycles. The summed E-state index contributed by atoms with van der Waals surface area (Å²) in [7, 11) is -2.07. The maximum atomic E-state index is 15.3. The highest BCUT2D eigenvalue weighted by Gasteiger charge is 2.18. The summed E-state index contributed by atoms with van der Waals surface area (Å²) in [6.45, 7) is 0. The maximum absolute atomic E-state index is 15.3. The SMILES string of the molecule is COc1c(Cl)cc(-n2ccc(=O)[nH]c2=O)c(F)c1/C=C/c1ccc(NS(C)(=O)=O)cc1. The van der Waals surface area contributed by atoms with E-state index in [4.69, 9.17) is 16.3 Å². The van der Waals surface area contributed by atoms with Crippen LogP contribution in [0.5, 0.6) is 5.75 Å². The summed E-state index contributed by atoms with van der Waals surface area (Å²) in [5, 5.41) is 0.0596. The molecule has 1 heterocycles. The molecule has 0 spiro atoms. The highest BCUT2D eigenvalue weighted by Crippen LogP contribution is 2.35. The third kappa shape index (κ3) is 5.22. The smallest absolute Gasteiger partial charge is 0.333 e. The zero-order chi connectivity index (χ0) is 22.8. The lowest BCUT2D eigenvalue weighted by Crippen LogP contribution is -2.28. The first-order valence-electron chi connectivity index (χ1n) is 8.73. The van der Waals surface area contributed by atoms with Gasteiger partial charge in [-0.15, -0.1) is 0 Å². The predicted octanol–water partition coefficient (Wildman–Crippen LogP) is 2.87. The van der Waals surface area contributed by atoms with Crippen LogP contribution in [0.15, 0.2) is 52.2 Å². The number of aromatic amines is 1. The number of halogens is 2. The van der Waals surface area contributed by atoms with Gasteiger partial charge in [-0.1, -0.05) is 29.8 Å². The van der Waals surface area contributed by atoms with E-state index in [-0.39, 0.29) is 22.0 Å². The molecule has 2 aromatic carbocycles. The monoisotopic (exact) mass is 465 g/mol. The second-order valence-electron chi connectivity index (χ2n) is 6.45. The highest BCUT2D eigenvalue weighted by atomic mass is 35.5. The Morgan fingerprint density at radius 3 is 2.42 bits per heavy atom. The van der Waals surface area contributed by atoms with E-state index in [9.17, 15) is 18.0 Å². The van der Waals surface area contributed by atoms with Crippen molar-refractivity contribution in [1.29, 1.82) is 0 Å². The van der Waals surface area contributed by atoms with Crippen molar-refractivity contribution in [3.8, 4) is 11.4 Å². The Morgan fingerprint density at radius 1 is 1.16 bits per heavy atom. The van der Waals surface area contributed by atoms with Gasteiger partial charge in [-0.25, -0.2) is 17.6 Å². The van der Waals surface area contributed by atoms with Crippen molar-refractivity contribution in [2.75, 3.05) is 18.1 Å². The molecule has 0 unspecified atom stereocenters. The molecule has 2 N–H and O–H groups in total. The molecule has 1 aromatic heterocycles. The van der Waals surface area contributed by atoms with Crippen molar-refractivity contribution in [1.82, 2.24) is 9.55 Å². The molecule has 0 aliphatic rings. The molecule has 0 radical (unpaired) electrons. The lowest BCUT2D eigenvalue weighted by molar-refractivity contribution is 0.410. The van der Waals surface area contributed by atoms with Crippen molar-refractivity contribution in [3.05, 3.63) is 85.4 Å². The lowest BCUT2D eigenvalue weighted by atomic mass is 10.1. The second kappa shape index (κ2) is 8.78. The van der Waals surface area contributed by atoms with E-state index in [1.54, 1.807) is 30.3 Å². The summed E-state index contributed by atoms with van der Waals surface area (Å²) < 4.78 is 46.4. The number of rotatable bonds is 6. The van der Waals surface area contributed by atoms with Crippen LogP contribution in [0, 0.1) is 5.82 Å². The summed E-state index contributed by atoms with van der Waals surface area (Å²) in [6.07, 6.45) is 5.17. The van der Waals surface area contributed by atoms with E-state index in [2.05, 4.69) is 9.71 Å². The number of methoxy groups -OCH3 is 1. The predicted molar refractivity (Wildman–Crippen MR) is 118 cm³/mol. The normalized spacial score (nSPS) is 11.6. The molecule has 0 bridgehead atoms. The van der Waals surface area contributed by atoms with Crippen LogP contribution in [0.3, 0.4) is 0 Å². The maximum Gasteiger partial charge on any atom is 0.333 e. The Balaban J connectivity index is 2.05. The fourth-order valence-corrected chi connectivity index (χ4v) is 3.66. The van der Waals surface area contributed by atoms with Gasteiger partial charge >= 0.3 is 5.69 Å². The minimum atomic E-state index is -3.40. The van der Waals surface area contributed by atoms with Crippen LogP contribution in [-0.2, 0) is 10.0 Å². The van der Waals surface area contributed by atoms with Gasteiger partial charge in [0.05, 0.1) is 29.6 Å². The van der Waals surface area contributed by atoms with Gasteiger partial charge in [0, 0.05) is 18.0 Å². The molecule has 0 amide bonds. The lowest BCUT2D eigenvalue weighted by Gasteiger charge is -2.14. The fraction of sp³-hybridized carbons (Fsp3) is 0.100. The molecule has 0 atom stereocenters. The molecule has 0 saturated heterocycles. The van der Waals surface area contributed by atoms with Crippen molar-refractivity contribution in [3.63, 3.8) is 0 Å². The number of hydrogen-bond acceptors (Lipinski definition) is 5. The van der Waals surface area contributed by atoms with Crippen LogP contribution >= 0.6 is 11.6 Å². The van der Waals surface area contributed by atoms with E-state index < -0.39 is 27.1 Å². The van der Waals surface area contributed by atoms with Gasteiger partial charge in [-0.05, 0) is 29.8 Å². The van der Waals surface area contributed by atoms with E-state index in [1.807, 2.05) is 0 Å². The second-order valence-corrected chi connectivity index (χ2v) is 8.60. The minimum absolute atomic E-state index is 0.0126. The van der Waals surface area contributed by atoms with Gasteiger partial charge < -0.3 is 4.74 Å². The first-order valence-corrected chi connectivity index (χ1v) is 11.0. The van der Waals surface area contributed by atoms with Gasteiger partial charge in [0.15, 0.2) is 5.82 Å². The number of anilines is 1. The summed E-state index contributed by atoms with van der Waals surface area (Å²) in [5.74, 6) is -0.728. The molecular weight excluding hydrogens is 449 g/mol. The fourth-order valence-electron chi connectivity index (χ4n) is 2.81. The number of nitrogens with one attached hydrogen (secondary N) is 2. The molecule has 0 aliphatic heterocycles. The Kier molecular flexibility index (Phi) is 6.32. The van der Waals surface area contributed by atoms with E-state index >= 15 is 4.39 Å². The Hall–Kier alpha value is -3.37. The summed E-state index contributed by atoms with van der Waals surface area (Å²) in [6, 6.07) is 8.67. The van der Waals surface area contributed by atoms with Crippen LogP contribution in [0.2, 0.25) is 5.02 Å². The highest BCUT2D eigenvalue weighted by molar-refractivity contribution is 7.92. The van der Waals surface area contributed by atoms with Crippen LogP contribution < -0.4 is 20.7 Å². The van der Waals surface area contributed by atoms with Gasteiger partial charge in [0.1, 0.15) is 5.75 Å². The third-order valence-electron chi connectivity index (χ3n) is 4.13. The standard InChI is InChI=1S/C20H17ClFN3O5S/c1-30-19-14(8-5-12-3-6-13(7-4-12)24-31(2,28)29)18(22)16(11-15(19)21)25-10-9-17(26)23-20(25)27/h3-11,24H,1-2H3,(H,23,26,27)/b8-5+. The Morgan fingerprint density at radius 2 is 1.84 bits per heavy atom. The van der Waals surface area contributed by atoms with E-state index in [0.29, 0.717) is 11.3 Å². The number of sulfonamides is 1. The first-order chi connectivity index (χ1) is 14.6. The number of H-pyrrole nitrogens is 1. The minimum Gasteiger partial charge on any atom is -0.494 e. The first kappa shape index (κ1) is 22.3.